The number of hydrogen-bond acceptors (Lipinski definition) is 2. The molecule has 1 aliphatic rings. The summed E-state index contributed by atoms with van der Waals surface area (Å²) >= 11 is 3.51. The minimum absolute atomic E-state index is 0.192. The third kappa shape index (κ3) is 3.34. The fraction of sp³-hybridized carbons (Fsp3) is 0.625. The number of anilines is 1. The highest BCUT2D eigenvalue weighted by atomic mass is 79.9. The van der Waals surface area contributed by atoms with Crippen molar-refractivity contribution in [2.24, 2.45) is 5.92 Å². The van der Waals surface area contributed by atoms with Crippen LogP contribution in [0.1, 0.15) is 33.6 Å². The minimum atomic E-state index is -0.192. The van der Waals surface area contributed by atoms with E-state index in [0.29, 0.717) is 18.0 Å². The summed E-state index contributed by atoms with van der Waals surface area (Å²) in [7, 11) is 0. The number of benzene rings is 1. The lowest BCUT2D eigenvalue weighted by atomic mass is 9.94. The van der Waals surface area contributed by atoms with Crippen LogP contribution in [-0.4, -0.2) is 25.2 Å². The molecule has 1 fully saturated rings. The van der Waals surface area contributed by atoms with Crippen LogP contribution in [0.3, 0.4) is 0 Å². The maximum Gasteiger partial charge on any atom is 0.124 e. The van der Waals surface area contributed by atoms with E-state index in [9.17, 15) is 4.39 Å². The Bertz CT molecular complexity index is 452. The van der Waals surface area contributed by atoms with Crippen LogP contribution < -0.4 is 10.2 Å². The van der Waals surface area contributed by atoms with Gasteiger partial charge in [0.05, 0.1) is 5.69 Å². The molecule has 1 aromatic rings. The highest BCUT2D eigenvalue weighted by molar-refractivity contribution is 9.10. The number of piperazine rings is 1. The van der Waals surface area contributed by atoms with Gasteiger partial charge in [-0.1, -0.05) is 27.2 Å². The van der Waals surface area contributed by atoms with Gasteiger partial charge in [0.25, 0.3) is 0 Å². The Kier molecular flexibility index (Phi) is 5.44. The third-order valence-corrected chi connectivity index (χ3v) is 5.11. The molecule has 1 heterocycles. The number of rotatable bonds is 4. The molecule has 0 amide bonds. The molecule has 1 aliphatic heterocycles. The fourth-order valence-electron chi connectivity index (χ4n) is 2.86. The van der Waals surface area contributed by atoms with Crippen LogP contribution in [-0.2, 0) is 0 Å². The third-order valence-electron chi connectivity index (χ3n) is 4.47. The summed E-state index contributed by atoms with van der Waals surface area (Å²) < 4.78 is 14.1. The Morgan fingerprint density at radius 1 is 1.45 bits per heavy atom. The summed E-state index contributed by atoms with van der Waals surface area (Å²) in [5.41, 5.74) is 1.10. The van der Waals surface area contributed by atoms with Crippen LogP contribution in [0, 0.1) is 11.7 Å². The zero-order valence-corrected chi connectivity index (χ0v) is 14.1. The molecule has 0 spiro atoms. The molecule has 4 heteroatoms. The smallest absolute Gasteiger partial charge is 0.124 e. The Morgan fingerprint density at radius 3 is 2.80 bits per heavy atom. The zero-order valence-electron chi connectivity index (χ0n) is 12.5. The first-order chi connectivity index (χ1) is 9.56. The number of nitrogens with zero attached hydrogens (tertiary/aromatic N) is 1. The van der Waals surface area contributed by atoms with E-state index in [0.717, 1.165) is 29.7 Å². The van der Waals surface area contributed by atoms with Gasteiger partial charge in [-0.05, 0) is 46.5 Å². The lowest BCUT2D eigenvalue weighted by molar-refractivity contribution is 0.306. The van der Waals surface area contributed by atoms with Crippen molar-refractivity contribution in [3.05, 3.63) is 28.5 Å². The molecule has 3 atom stereocenters. The van der Waals surface area contributed by atoms with Crippen LogP contribution in [0.4, 0.5) is 10.1 Å². The summed E-state index contributed by atoms with van der Waals surface area (Å²) in [6.45, 7) is 8.71. The van der Waals surface area contributed by atoms with Crippen molar-refractivity contribution in [3.8, 4) is 0 Å². The van der Waals surface area contributed by atoms with E-state index in [-0.39, 0.29) is 5.82 Å². The molecule has 0 saturated carbocycles. The minimum Gasteiger partial charge on any atom is -0.365 e. The molecule has 20 heavy (non-hydrogen) atoms. The van der Waals surface area contributed by atoms with Gasteiger partial charge in [0.15, 0.2) is 0 Å². The van der Waals surface area contributed by atoms with Crippen molar-refractivity contribution < 1.29 is 4.39 Å². The topological polar surface area (TPSA) is 15.3 Å². The monoisotopic (exact) mass is 342 g/mol. The van der Waals surface area contributed by atoms with E-state index in [1.807, 2.05) is 6.07 Å². The zero-order chi connectivity index (χ0) is 14.7. The molecule has 2 nitrogen and oxygen atoms in total. The van der Waals surface area contributed by atoms with Gasteiger partial charge < -0.3 is 10.2 Å². The summed E-state index contributed by atoms with van der Waals surface area (Å²) in [6, 6.07) is 5.97. The number of hydrogen-bond donors (Lipinski definition) is 1. The predicted octanol–water partition coefficient (Wildman–Crippen LogP) is 4.19. The number of nitrogens with one attached hydrogen (secondary N) is 1. The lowest BCUT2D eigenvalue weighted by Gasteiger charge is -2.44. The van der Waals surface area contributed by atoms with Gasteiger partial charge in [-0.25, -0.2) is 4.39 Å². The van der Waals surface area contributed by atoms with Crippen LogP contribution in [0.15, 0.2) is 22.7 Å². The van der Waals surface area contributed by atoms with Gasteiger partial charge in [0.2, 0.25) is 0 Å². The van der Waals surface area contributed by atoms with E-state index in [1.165, 1.54) is 6.42 Å². The summed E-state index contributed by atoms with van der Waals surface area (Å²) in [6.07, 6.45) is 2.26. The van der Waals surface area contributed by atoms with E-state index < -0.39 is 0 Å². The molecule has 0 aromatic heterocycles. The molecule has 2 rings (SSSR count). The van der Waals surface area contributed by atoms with Crippen molar-refractivity contribution in [2.75, 3.05) is 18.0 Å². The van der Waals surface area contributed by atoms with E-state index in [1.54, 1.807) is 12.1 Å². The van der Waals surface area contributed by atoms with E-state index in [4.69, 9.17) is 0 Å². The molecule has 3 unspecified atom stereocenters. The van der Waals surface area contributed by atoms with Gasteiger partial charge in [-0.2, -0.15) is 0 Å². The molecule has 112 valence electrons. The normalized spacial score (nSPS) is 24.8. The first-order valence-corrected chi connectivity index (χ1v) is 8.31. The van der Waals surface area contributed by atoms with E-state index >= 15 is 0 Å². The molecule has 1 aromatic carbocycles. The molecule has 0 radical (unpaired) electrons. The van der Waals surface area contributed by atoms with Crippen molar-refractivity contribution in [1.82, 2.24) is 5.32 Å². The van der Waals surface area contributed by atoms with Crippen LogP contribution in [0.5, 0.6) is 0 Å². The molecular weight excluding hydrogens is 319 g/mol. The average molecular weight is 343 g/mol. The SMILES string of the molecule is CCC(C)C1CN(c2ccc(F)cc2Br)C(CC)CN1. The Hall–Kier alpha value is -0.610. The van der Waals surface area contributed by atoms with Gasteiger partial charge in [0.1, 0.15) is 5.82 Å². The second-order valence-electron chi connectivity index (χ2n) is 5.71. The standard InChI is InChI=1S/C16H24BrFN2/c1-4-11(3)15-10-20(13(5-2)9-19-15)16-7-6-12(18)8-14(16)17/h6-8,11,13,15,19H,4-5,9-10H2,1-3H3. The van der Waals surface area contributed by atoms with Gasteiger partial charge in [-0.15, -0.1) is 0 Å². The maximum absolute atomic E-state index is 13.3. The van der Waals surface area contributed by atoms with Gasteiger partial charge in [-0.3, -0.25) is 0 Å². The lowest BCUT2D eigenvalue weighted by Crippen LogP contribution is -2.58. The first-order valence-electron chi connectivity index (χ1n) is 7.51. The molecule has 0 bridgehead atoms. The average Bonchev–Trinajstić information content (AvgIpc) is 2.46. The summed E-state index contributed by atoms with van der Waals surface area (Å²) in [5, 5.41) is 3.67. The largest absolute Gasteiger partial charge is 0.365 e. The maximum atomic E-state index is 13.3. The highest BCUT2D eigenvalue weighted by Crippen LogP contribution is 2.31. The van der Waals surface area contributed by atoms with Crippen molar-refractivity contribution in [2.45, 2.75) is 45.7 Å². The molecular formula is C16H24BrFN2. The van der Waals surface area contributed by atoms with Crippen LogP contribution >= 0.6 is 15.9 Å². The Morgan fingerprint density at radius 2 is 2.20 bits per heavy atom. The van der Waals surface area contributed by atoms with Crippen molar-refractivity contribution in [1.29, 1.82) is 0 Å². The Labute approximate surface area is 129 Å². The van der Waals surface area contributed by atoms with E-state index in [2.05, 4.69) is 46.9 Å². The van der Waals surface area contributed by atoms with Crippen molar-refractivity contribution in [3.63, 3.8) is 0 Å². The quantitative estimate of drug-likeness (QED) is 0.882. The Balaban J connectivity index is 2.24. The highest BCUT2D eigenvalue weighted by Gasteiger charge is 2.30. The van der Waals surface area contributed by atoms with Gasteiger partial charge in [0, 0.05) is 29.6 Å². The molecule has 1 N–H and O–H groups in total. The first kappa shape index (κ1) is 15.8. The fourth-order valence-corrected chi connectivity index (χ4v) is 3.44. The predicted molar refractivity (Wildman–Crippen MR) is 86.8 cm³/mol. The molecule has 1 saturated heterocycles. The van der Waals surface area contributed by atoms with Crippen LogP contribution in [0.2, 0.25) is 0 Å². The van der Waals surface area contributed by atoms with Gasteiger partial charge >= 0.3 is 0 Å². The second kappa shape index (κ2) is 6.90. The molecule has 0 aliphatic carbocycles. The van der Waals surface area contributed by atoms with Crippen LogP contribution in [0.25, 0.3) is 0 Å². The summed E-state index contributed by atoms with van der Waals surface area (Å²) in [5.74, 6) is 0.455. The number of halogens is 2. The summed E-state index contributed by atoms with van der Waals surface area (Å²) in [4.78, 5) is 2.43. The van der Waals surface area contributed by atoms with Crippen molar-refractivity contribution >= 4 is 21.6 Å². The second-order valence-corrected chi connectivity index (χ2v) is 6.56.